The molecular formula is C21H30N4O2S. The van der Waals surface area contributed by atoms with Crippen molar-refractivity contribution in [2.75, 3.05) is 31.7 Å². The molecule has 2 aliphatic heterocycles. The van der Waals surface area contributed by atoms with Crippen molar-refractivity contribution in [3.8, 4) is 5.75 Å². The number of hydrogen-bond donors (Lipinski definition) is 0. The second-order valence-electron chi connectivity index (χ2n) is 7.84. The number of anilines is 1. The molecule has 6 nitrogen and oxygen atoms in total. The minimum Gasteiger partial charge on any atom is -0.497 e. The standard InChI is InChI=1S/C21H30N4O2S/c1-16-8-10-24(11-9-16)20-22-23-21(25(20)14-19-7-4-12-27-19)28-15-17-5-3-6-18(13-17)26-2/h3,5-6,13,16,19H,4,7-12,14-15H2,1-2H3. The Bertz CT molecular complexity index is 768. The molecule has 2 aromatic rings. The molecule has 0 spiro atoms. The molecule has 4 rings (SSSR count). The van der Waals surface area contributed by atoms with E-state index in [4.69, 9.17) is 9.47 Å². The number of ether oxygens (including phenoxy) is 2. The van der Waals surface area contributed by atoms with E-state index in [9.17, 15) is 0 Å². The Morgan fingerprint density at radius 1 is 1.21 bits per heavy atom. The van der Waals surface area contributed by atoms with Crippen LogP contribution in [0.15, 0.2) is 29.4 Å². The van der Waals surface area contributed by atoms with Gasteiger partial charge in [0.05, 0.1) is 19.8 Å². The molecule has 28 heavy (non-hydrogen) atoms. The molecule has 1 unspecified atom stereocenters. The van der Waals surface area contributed by atoms with Gasteiger partial charge in [0.15, 0.2) is 5.16 Å². The molecule has 2 aliphatic rings. The lowest BCUT2D eigenvalue weighted by atomic mass is 10.00. The third-order valence-electron chi connectivity index (χ3n) is 5.68. The molecule has 152 valence electrons. The van der Waals surface area contributed by atoms with Crippen LogP contribution in [-0.4, -0.2) is 47.7 Å². The first-order valence-corrected chi connectivity index (χ1v) is 11.3. The molecule has 3 heterocycles. The fourth-order valence-electron chi connectivity index (χ4n) is 3.89. The average molecular weight is 403 g/mol. The molecule has 0 aliphatic carbocycles. The van der Waals surface area contributed by atoms with Crippen molar-refractivity contribution in [2.45, 2.75) is 56.2 Å². The second kappa shape index (κ2) is 9.18. The lowest BCUT2D eigenvalue weighted by Crippen LogP contribution is -2.35. The largest absolute Gasteiger partial charge is 0.497 e. The zero-order valence-electron chi connectivity index (χ0n) is 16.8. The van der Waals surface area contributed by atoms with E-state index in [1.165, 1.54) is 18.4 Å². The molecule has 7 heteroatoms. The highest BCUT2D eigenvalue weighted by atomic mass is 32.2. The van der Waals surface area contributed by atoms with Crippen molar-refractivity contribution in [3.63, 3.8) is 0 Å². The molecule has 2 saturated heterocycles. The predicted molar refractivity (Wildman–Crippen MR) is 112 cm³/mol. The summed E-state index contributed by atoms with van der Waals surface area (Å²) in [6, 6.07) is 8.22. The van der Waals surface area contributed by atoms with Crippen LogP contribution >= 0.6 is 11.8 Å². The Labute approximate surface area is 171 Å². The van der Waals surface area contributed by atoms with Crippen LogP contribution in [0.2, 0.25) is 0 Å². The zero-order chi connectivity index (χ0) is 19.3. The number of rotatable bonds is 7. The van der Waals surface area contributed by atoms with Gasteiger partial charge in [-0.25, -0.2) is 0 Å². The Balaban J connectivity index is 1.51. The van der Waals surface area contributed by atoms with Crippen LogP contribution in [0.25, 0.3) is 0 Å². The van der Waals surface area contributed by atoms with Gasteiger partial charge in [-0.15, -0.1) is 10.2 Å². The molecule has 0 N–H and O–H groups in total. The Hall–Kier alpha value is -1.73. The molecule has 0 amide bonds. The average Bonchev–Trinajstić information content (AvgIpc) is 3.38. The number of benzene rings is 1. The van der Waals surface area contributed by atoms with E-state index in [2.05, 4.69) is 38.7 Å². The fourth-order valence-corrected chi connectivity index (χ4v) is 4.78. The van der Waals surface area contributed by atoms with Crippen molar-refractivity contribution >= 4 is 17.7 Å². The molecule has 0 saturated carbocycles. The summed E-state index contributed by atoms with van der Waals surface area (Å²) in [6.07, 6.45) is 4.98. The van der Waals surface area contributed by atoms with Crippen molar-refractivity contribution < 1.29 is 9.47 Å². The first-order chi connectivity index (χ1) is 13.7. The summed E-state index contributed by atoms with van der Waals surface area (Å²) < 4.78 is 13.5. The van der Waals surface area contributed by atoms with E-state index in [0.717, 1.165) is 67.6 Å². The Morgan fingerprint density at radius 3 is 2.82 bits per heavy atom. The third kappa shape index (κ3) is 4.63. The highest BCUT2D eigenvalue weighted by Crippen LogP contribution is 2.30. The van der Waals surface area contributed by atoms with Crippen LogP contribution in [0, 0.1) is 5.92 Å². The summed E-state index contributed by atoms with van der Waals surface area (Å²) >= 11 is 1.74. The Morgan fingerprint density at radius 2 is 2.07 bits per heavy atom. The van der Waals surface area contributed by atoms with E-state index < -0.39 is 0 Å². The van der Waals surface area contributed by atoms with E-state index in [-0.39, 0.29) is 6.10 Å². The second-order valence-corrected chi connectivity index (χ2v) is 8.78. The third-order valence-corrected chi connectivity index (χ3v) is 6.71. The normalized spacial score (nSPS) is 20.6. The van der Waals surface area contributed by atoms with Gasteiger partial charge in [-0.3, -0.25) is 4.57 Å². The number of methoxy groups -OCH3 is 1. The predicted octanol–water partition coefficient (Wildman–Crippen LogP) is 3.99. The highest BCUT2D eigenvalue weighted by molar-refractivity contribution is 7.98. The molecule has 2 fully saturated rings. The maximum atomic E-state index is 5.91. The van der Waals surface area contributed by atoms with Gasteiger partial charge in [0.25, 0.3) is 0 Å². The minimum absolute atomic E-state index is 0.273. The monoisotopic (exact) mass is 402 g/mol. The van der Waals surface area contributed by atoms with Crippen molar-refractivity contribution in [2.24, 2.45) is 5.92 Å². The van der Waals surface area contributed by atoms with Gasteiger partial charge in [0.2, 0.25) is 5.95 Å². The van der Waals surface area contributed by atoms with Gasteiger partial charge in [0, 0.05) is 25.4 Å². The fraction of sp³-hybridized carbons (Fsp3) is 0.619. The first-order valence-electron chi connectivity index (χ1n) is 10.3. The van der Waals surface area contributed by atoms with Gasteiger partial charge in [-0.2, -0.15) is 0 Å². The lowest BCUT2D eigenvalue weighted by molar-refractivity contribution is 0.0951. The van der Waals surface area contributed by atoms with Gasteiger partial charge < -0.3 is 14.4 Å². The minimum atomic E-state index is 0.273. The van der Waals surface area contributed by atoms with Gasteiger partial charge in [-0.1, -0.05) is 30.8 Å². The summed E-state index contributed by atoms with van der Waals surface area (Å²) in [6.45, 7) is 6.17. The summed E-state index contributed by atoms with van der Waals surface area (Å²) in [4.78, 5) is 2.40. The van der Waals surface area contributed by atoms with Gasteiger partial charge >= 0.3 is 0 Å². The quantitative estimate of drug-likeness (QED) is 0.653. The van der Waals surface area contributed by atoms with Crippen LogP contribution in [0.4, 0.5) is 5.95 Å². The Kier molecular flexibility index (Phi) is 6.42. The lowest BCUT2D eigenvalue weighted by Gasteiger charge is -2.31. The van der Waals surface area contributed by atoms with Crippen LogP contribution in [0.5, 0.6) is 5.75 Å². The van der Waals surface area contributed by atoms with E-state index in [1.54, 1.807) is 18.9 Å². The summed E-state index contributed by atoms with van der Waals surface area (Å²) in [5, 5.41) is 10.1. The first kappa shape index (κ1) is 19.6. The molecule has 1 aromatic carbocycles. The number of thioether (sulfide) groups is 1. The van der Waals surface area contributed by atoms with E-state index in [1.807, 2.05) is 12.1 Å². The van der Waals surface area contributed by atoms with Crippen LogP contribution < -0.4 is 9.64 Å². The summed E-state index contributed by atoms with van der Waals surface area (Å²) in [5.41, 5.74) is 1.23. The number of piperidine rings is 1. The highest BCUT2D eigenvalue weighted by Gasteiger charge is 2.25. The number of nitrogens with zero attached hydrogens (tertiary/aromatic N) is 4. The van der Waals surface area contributed by atoms with E-state index >= 15 is 0 Å². The molecule has 1 atom stereocenters. The smallest absolute Gasteiger partial charge is 0.228 e. The van der Waals surface area contributed by atoms with Crippen molar-refractivity contribution in [1.29, 1.82) is 0 Å². The van der Waals surface area contributed by atoms with Crippen LogP contribution in [-0.2, 0) is 17.0 Å². The maximum Gasteiger partial charge on any atom is 0.228 e. The molecule has 0 bridgehead atoms. The van der Waals surface area contributed by atoms with E-state index in [0.29, 0.717) is 0 Å². The maximum absolute atomic E-state index is 5.91. The number of aromatic nitrogens is 3. The molecule has 0 radical (unpaired) electrons. The summed E-state index contributed by atoms with van der Waals surface area (Å²) in [5.74, 6) is 3.54. The topological polar surface area (TPSA) is 52.4 Å². The van der Waals surface area contributed by atoms with Gasteiger partial charge in [0.1, 0.15) is 5.75 Å². The summed E-state index contributed by atoms with van der Waals surface area (Å²) in [7, 11) is 1.70. The van der Waals surface area contributed by atoms with Crippen LogP contribution in [0.3, 0.4) is 0 Å². The SMILES string of the molecule is COc1cccc(CSc2nnc(N3CCC(C)CC3)n2CC2CCCO2)c1. The number of hydrogen-bond acceptors (Lipinski definition) is 6. The van der Waals surface area contributed by atoms with Crippen LogP contribution in [0.1, 0.15) is 38.2 Å². The zero-order valence-corrected chi connectivity index (χ0v) is 17.7. The van der Waals surface area contributed by atoms with Gasteiger partial charge in [-0.05, 0) is 49.3 Å². The molecular weight excluding hydrogens is 372 g/mol. The van der Waals surface area contributed by atoms with Crippen molar-refractivity contribution in [3.05, 3.63) is 29.8 Å². The van der Waals surface area contributed by atoms with Crippen molar-refractivity contribution in [1.82, 2.24) is 14.8 Å². The molecule has 1 aromatic heterocycles.